The largest absolute Gasteiger partial charge is 0.392 e. The molecule has 0 saturated carbocycles. The highest BCUT2D eigenvalue weighted by Gasteiger charge is 2.17. The molecule has 1 heterocycles. The summed E-state index contributed by atoms with van der Waals surface area (Å²) in [5, 5.41) is 0. The van der Waals surface area contributed by atoms with Gasteiger partial charge >= 0.3 is 0 Å². The van der Waals surface area contributed by atoms with Crippen molar-refractivity contribution in [1.29, 1.82) is 0 Å². The van der Waals surface area contributed by atoms with Crippen LogP contribution >= 0.6 is 12.2 Å². The molecule has 0 spiro atoms. The fourth-order valence-corrected chi connectivity index (χ4v) is 1.76. The molecular formula is C8H16N2S. The lowest BCUT2D eigenvalue weighted by molar-refractivity contribution is 0.185. The third-order valence-electron chi connectivity index (χ3n) is 2.30. The van der Waals surface area contributed by atoms with Crippen molar-refractivity contribution in [3.63, 3.8) is 0 Å². The van der Waals surface area contributed by atoms with Crippen LogP contribution in [-0.4, -0.2) is 29.0 Å². The van der Waals surface area contributed by atoms with Crippen LogP contribution in [0.15, 0.2) is 0 Å². The summed E-state index contributed by atoms with van der Waals surface area (Å²) in [5.74, 6) is 0. The van der Waals surface area contributed by atoms with E-state index < -0.39 is 0 Å². The second kappa shape index (κ2) is 4.02. The van der Waals surface area contributed by atoms with Gasteiger partial charge in [-0.05, 0) is 26.3 Å². The lowest BCUT2D eigenvalue weighted by Crippen LogP contribution is -2.42. The van der Waals surface area contributed by atoms with Crippen LogP contribution in [0.1, 0.15) is 26.2 Å². The van der Waals surface area contributed by atoms with E-state index in [0.717, 1.165) is 6.54 Å². The molecule has 1 atom stereocenters. The fraction of sp³-hybridized carbons (Fsp3) is 0.875. The number of rotatable bonds is 2. The molecule has 0 amide bonds. The first kappa shape index (κ1) is 8.94. The van der Waals surface area contributed by atoms with Crippen molar-refractivity contribution in [2.45, 2.75) is 32.2 Å². The molecule has 1 fully saturated rings. The predicted octanol–water partition coefficient (Wildman–Crippen LogP) is 1.15. The van der Waals surface area contributed by atoms with Crippen LogP contribution in [0, 0.1) is 0 Å². The second-order valence-corrected chi connectivity index (χ2v) is 3.81. The molecule has 0 bridgehead atoms. The van der Waals surface area contributed by atoms with E-state index in [1.165, 1.54) is 25.8 Å². The number of nitrogens with zero attached hydrogens (tertiary/aromatic N) is 1. The number of hydrogen-bond acceptors (Lipinski definition) is 2. The van der Waals surface area contributed by atoms with Gasteiger partial charge in [-0.15, -0.1) is 0 Å². The van der Waals surface area contributed by atoms with E-state index >= 15 is 0 Å². The minimum absolute atomic E-state index is 0.624. The summed E-state index contributed by atoms with van der Waals surface area (Å²) >= 11 is 4.87. The molecular weight excluding hydrogens is 156 g/mol. The Kier molecular flexibility index (Phi) is 3.27. The highest BCUT2D eigenvalue weighted by Crippen LogP contribution is 2.15. The second-order valence-electron chi connectivity index (χ2n) is 3.28. The van der Waals surface area contributed by atoms with Gasteiger partial charge in [0.1, 0.15) is 0 Å². The van der Waals surface area contributed by atoms with Gasteiger partial charge < -0.3 is 5.73 Å². The van der Waals surface area contributed by atoms with Gasteiger partial charge in [0.25, 0.3) is 0 Å². The lowest BCUT2D eigenvalue weighted by Gasteiger charge is -2.32. The van der Waals surface area contributed by atoms with Gasteiger partial charge in [0.2, 0.25) is 0 Å². The first-order valence-electron chi connectivity index (χ1n) is 4.22. The monoisotopic (exact) mass is 172 g/mol. The summed E-state index contributed by atoms with van der Waals surface area (Å²) in [7, 11) is 0. The van der Waals surface area contributed by atoms with Crippen LogP contribution in [0.5, 0.6) is 0 Å². The SMILES string of the molecule is C[C@H]1CCCCN1CC(N)=S. The minimum Gasteiger partial charge on any atom is -0.392 e. The predicted molar refractivity (Wildman–Crippen MR) is 51.7 cm³/mol. The van der Waals surface area contributed by atoms with Gasteiger partial charge in [-0.1, -0.05) is 18.6 Å². The molecule has 1 aliphatic rings. The average Bonchev–Trinajstić information content (AvgIpc) is 1.93. The molecule has 0 aromatic heterocycles. The summed E-state index contributed by atoms with van der Waals surface area (Å²) in [6.07, 6.45) is 3.95. The summed E-state index contributed by atoms with van der Waals surface area (Å²) in [5.41, 5.74) is 5.48. The smallest absolute Gasteiger partial charge is 0.0870 e. The Hall–Kier alpha value is -0.150. The van der Waals surface area contributed by atoms with E-state index in [1.54, 1.807) is 0 Å². The molecule has 0 radical (unpaired) electrons. The van der Waals surface area contributed by atoms with Crippen molar-refractivity contribution >= 4 is 17.2 Å². The van der Waals surface area contributed by atoms with Gasteiger partial charge in [0.15, 0.2) is 0 Å². The number of piperidine rings is 1. The third kappa shape index (κ3) is 2.75. The third-order valence-corrected chi connectivity index (χ3v) is 2.43. The number of nitrogens with two attached hydrogens (primary N) is 1. The topological polar surface area (TPSA) is 29.3 Å². The fourth-order valence-electron chi connectivity index (χ4n) is 1.59. The molecule has 2 nitrogen and oxygen atoms in total. The molecule has 0 aromatic rings. The van der Waals surface area contributed by atoms with Gasteiger partial charge in [-0.3, -0.25) is 4.90 Å². The van der Waals surface area contributed by atoms with Crippen LogP contribution < -0.4 is 5.73 Å². The standard InChI is InChI=1S/C8H16N2S/c1-7-4-2-3-5-10(7)6-8(9)11/h7H,2-6H2,1H3,(H2,9,11)/t7-/m0/s1. The summed E-state index contributed by atoms with van der Waals surface area (Å²) < 4.78 is 0. The number of thiocarbonyl (C=S) groups is 1. The molecule has 3 heteroatoms. The van der Waals surface area contributed by atoms with Crippen molar-refractivity contribution in [3.05, 3.63) is 0 Å². The maximum absolute atomic E-state index is 5.48. The molecule has 1 aliphatic heterocycles. The number of likely N-dealkylation sites (tertiary alicyclic amines) is 1. The molecule has 64 valence electrons. The average molecular weight is 172 g/mol. The van der Waals surface area contributed by atoms with Gasteiger partial charge in [-0.2, -0.15) is 0 Å². The van der Waals surface area contributed by atoms with E-state index in [4.69, 9.17) is 18.0 Å². The van der Waals surface area contributed by atoms with Crippen LogP contribution in [0.25, 0.3) is 0 Å². The van der Waals surface area contributed by atoms with Gasteiger partial charge in [0.05, 0.1) is 4.99 Å². The van der Waals surface area contributed by atoms with E-state index in [9.17, 15) is 0 Å². The highest BCUT2D eigenvalue weighted by molar-refractivity contribution is 7.80. The molecule has 0 unspecified atom stereocenters. The van der Waals surface area contributed by atoms with Crippen LogP contribution in [-0.2, 0) is 0 Å². The quantitative estimate of drug-likeness (QED) is 0.634. The maximum Gasteiger partial charge on any atom is 0.0870 e. The zero-order valence-corrected chi connectivity index (χ0v) is 7.86. The van der Waals surface area contributed by atoms with Crippen LogP contribution in [0.2, 0.25) is 0 Å². The summed E-state index contributed by atoms with van der Waals surface area (Å²) in [4.78, 5) is 2.99. The molecule has 2 N–H and O–H groups in total. The van der Waals surface area contributed by atoms with E-state index in [-0.39, 0.29) is 0 Å². The molecule has 1 saturated heterocycles. The molecule has 0 aromatic carbocycles. The van der Waals surface area contributed by atoms with Crippen LogP contribution in [0.3, 0.4) is 0 Å². The molecule has 1 rings (SSSR count). The van der Waals surface area contributed by atoms with Gasteiger partial charge in [0, 0.05) is 12.6 Å². The summed E-state index contributed by atoms with van der Waals surface area (Å²) in [6, 6.07) is 0.672. The first-order chi connectivity index (χ1) is 5.20. The molecule has 0 aliphatic carbocycles. The Labute approximate surface area is 73.7 Å². The van der Waals surface area contributed by atoms with E-state index in [2.05, 4.69) is 11.8 Å². The lowest BCUT2D eigenvalue weighted by atomic mass is 10.0. The Bertz CT molecular complexity index is 147. The van der Waals surface area contributed by atoms with E-state index in [1.807, 2.05) is 0 Å². The Morgan fingerprint density at radius 1 is 1.64 bits per heavy atom. The first-order valence-corrected chi connectivity index (χ1v) is 4.63. The molecule has 11 heavy (non-hydrogen) atoms. The maximum atomic E-state index is 5.48. The van der Waals surface area contributed by atoms with Gasteiger partial charge in [-0.25, -0.2) is 0 Å². The van der Waals surface area contributed by atoms with Crippen molar-refractivity contribution in [2.24, 2.45) is 5.73 Å². The zero-order chi connectivity index (χ0) is 8.27. The minimum atomic E-state index is 0.624. The Morgan fingerprint density at radius 3 is 2.91 bits per heavy atom. The van der Waals surface area contributed by atoms with Crippen LogP contribution in [0.4, 0.5) is 0 Å². The Balaban J connectivity index is 2.35. The van der Waals surface area contributed by atoms with E-state index in [0.29, 0.717) is 11.0 Å². The highest BCUT2D eigenvalue weighted by atomic mass is 32.1. The zero-order valence-electron chi connectivity index (χ0n) is 7.05. The normalized spacial score (nSPS) is 26.8. The summed E-state index contributed by atoms with van der Waals surface area (Å²) in [6.45, 7) is 4.21. The van der Waals surface area contributed by atoms with Crippen molar-refractivity contribution in [3.8, 4) is 0 Å². The van der Waals surface area contributed by atoms with Crippen molar-refractivity contribution in [1.82, 2.24) is 4.90 Å². The van der Waals surface area contributed by atoms with Crippen molar-refractivity contribution < 1.29 is 0 Å². The number of hydrogen-bond donors (Lipinski definition) is 1. The van der Waals surface area contributed by atoms with Crippen molar-refractivity contribution in [2.75, 3.05) is 13.1 Å². The Morgan fingerprint density at radius 2 is 2.36 bits per heavy atom.